The summed E-state index contributed by atoms with van der Waals surface area (Å²) in [6.07, 6.45) is 7.74. The first-order valence-electron chi connectivity index (χ1n) is 8.45. The summed E-state index contributed by atoms with van der Waals surface area (Å²) < 4.78 is 34.4. The van der Waals surface area contributed by atoms with Gasteiger partial charge in [-0.25, -0.2) is 18.7 Å². The van der Waals surface area contributed by atoms with Gasteiger partial charge in [0.15, 0.2) is 5.82 Å². The lowest BCUT2D eigenvalue weighted by atomic mass is 10.2. The Hall–Kier alpha value is -3.53. The second-order valence-corrected chi connectivity index (χ2v) is 6.33. The van der Waals surface area contributed by atoms with Crippen molar-refractivity contribution >= 4 is 29.1 Å². The van der Waals surface area contributed by atoms with Crippen LogP contribution in [0.25, 0.3) is 0 Å². The molecule has 0 aliphatic heterocycles. The highest BCUT2D eigenvalue weighted by molar-refractivity contribution is 6.32. The van der Waals surface area contributed by atoms with Gasteiger partial charge in [0.05, 0.1) is 24.3 Å². The second kappa shape index (κ2) is 8.23. The van der Waals surface area contributed by atoms with Gasteiger partial charge in [-0.1, -0.05) is 17.7 Å². The standard InChI is InChI=1S/C18H14ClF2N7O/c19-13-8-24-18(26-11-6-25-28(9-11)10-16-22-4-5-29-16)27-17(13)23-7-12-14(20)2-1-3-15(12)21/h1-6,8-9H,7,10H2,(H2,23,24,26,27). The zero-order valence-corrected chi connectivity index (χ0v) is 15.6. The third-order valence-corrected chi connectivity index (χ3v) is 4.19. The zero-order valence-electron chi connectivity index (χ0n) is 14.8. The Balaban J connectivity index is 1.45. The van der Waals surface area contributed by atoms with E-state index in [1.165, 1.54) is 30.7 Å². The third-order valence-electron chi connectivity index (χ3n) is 3.91. The van der Waals surface area contributed by atoms with E-state index in [4.69, 9.17) is 16.0 Å². The fourth-order valence-corrected chi connectivity index (χ4v) is 2.70. The highest BCUT2D eigenvalue weighted by Crippen LogP contribution is 2.23. The molecule has 0 fully saturated rings. The van der Waals surface area contributed by atoms with Crippen LogP contribution in [0.3, 0.4) is 0 Å². The van der Waals surface area contributed by atoms with Crippen molar-refractivity contribution in [3.8, 4) is 0 Å². The molecule has 3 heterocycles. The normalized spacial score (nSPS) is 10.9. The van der Waals surface area contributed by atoms with Crippen LogP contribution in [0.2, 0.25) is 5.02 Å². The largest absolute Gasteiger partial charge is 0.447 e. The summed E-state index contributed by atoms with van der Waals surface area (Å²) in [4.78, 5) is 12.4. The highest BCUT2D eigenvalue weighted by Gasteiger charge is 2.11. The Morgan fingerprint density at radius 1 is 1.14 bits per heavy atom. The number of benzene rings is 1. The van der Waals surface area contributed by atoms with Crippen molar-refractivity contribution in [3.63, 3.8) is 0 Å². The van der Waals surface area contributed by atoms with E-state index in [9.17, 15) is 8.78 Å². The molecule has 0 aliphatic carbocycles. The molecule has 2 N–H and O–H groups in total. The van der Waals surface area contributed by atoms with Gasteiger partial charge in [0, 0.05) is 18.3 Å². The van der Waals surface area contributed by atoms with Crippen LogP contribution in [-0.4, -0.2) is 24.7 Å². The lowest BCUT2D eigenvalue weighted by Gasteiger charge is -2.10. The number of anilines is 3. The zero-order chi connectivity index (χ0) is 20.2. The van der Waals surface area contributed by atoms with Gasteiger partial charge in [0.1, 0.15) is 29.5 Å². The summed E-state index contributed by atoms with van der Waals surface area (Å²) in [5.41, 5.74) is 0.523. The summed E-state index contributed by atoms with van der Waals surface area (Å²) in [7, 11) is 0. The fraction of sp³-hybridized carbons (Fsp3) is 0.111. The first kappa shape index (κ1) is 18.8. The molecule has 11 heteroatoms. The SMILES string of the molecule is Fc1cccc(F)c1CNc1nc(Nc2cnn(Cc3ncco3)c2)ncc1Cl. The predicted octanol–water partition coefficient (Wildman–Crippen LogP) is 4.00. The van der Waals surface area contributed by atoms with Crippen LogP contribution in [0.15, 0.2) is 53.7 Å². The molecule has 0 atom stereocenters. The summed E-state index contributed by atoms with van der Waals surface area (Å²) in [6, 6.07) is 3.67. The van der Waals surface area contributed by atoms with Crippen LogP contribution in [0, 0.1) is 11.6 Å². The van der Waals surface area contributed by atoms with E-state index in [2.05, 4.69) is 30.7 Å². The van der Waals surface area contributed by atoms with Crippen LogP contribution in [0.1, 0.15) is 11.5 Å². The number of rotatable bonds is 7. The molecule has 0 radical (unpaired) electrons. The number of hydrogen-bond donors (Lipinski definition) is 2. The van der Waals surface area contributed by atoms with Crippen molar-refractivity contribution in [1.29, 1.82) is 0 Å². The van der Waals surface area contributed by atoms with Gasteiger partial charge < -0.3 is 15.1 Å². The van der Waals surface area contributed by atoms with Crippen molar-refractivity contribution < 1.29 is 13.2 Å². The van der Waals surface area contributed by atoms with Gasteiger partial charge in [0.2, 0.25) is 11.8 Å². The average Bonchev–Trinajstić information content (AvgIpc) is 3.36. The molecule has 8 nitrogen and oxygen atoms in total. The summed E-state index contributed by atoms with van der Waals surface area (Å²) in [5, 5.41) is 10.2. The maximum atomic E-state index is 13.8. The fourth-order valence-electron chi connectivity index (χ4n) is 2.54. The Labute approximate surface area is 168 Å². The molecule has 4 aromatic rings. The molecule has 0 amide bonds. The molecular formula is C18H14ClF2N7O. The number of hydrogen-bond acceptors (Lipinski definition) is 7. The summed E-state index contributed by atoms with van der Waals surface area (Å²) in [5.74, 6) is -0.311. The molecule has 4 rings (SSSR count). The molecule has 0 spiro atoms. The van der Waals surface area contributed by atoms with Crippen LogP contribution < -0.4 is 10.6 Å². The Bertz CT molecular complexity index is 1100. The van der Waals surface area contributed by atoms with E-state index in [1.54, 1.807) is 23.3 Å². The maximum Gasteiger partial charge on any atom is 0.229 e. The molecule has 0 bridgehead atoms. The van der Waals surface area contributed by atoms with E-state index >= 15 is 0 Å². The minimum absolute atomic E-state index is 0.107. The number of nitrogens with zero attached hydrogens (tertiary/aromatic N) is 5. The molecule has 0 saturated carbocycles. The number of aromatic nitrogens is 5. The Morgan fingerprint density at radius 3 is 2.72 bits per heavy atom. The Kier molecular flexibility index (Phi) is 5.34. The van der Waals surface area contributed by atoms with Crippen molar-refractivity contribution in [2.75, 3.05) is 10.6 Å². The monoisotopic (exact) mass is 417 g/mol. The summed E-state index contributed by atoms with van der Waals surface area (Å²) in [6.45, 7) is 0.250. The number of oxazole rings is 1. The molecule has 0 aliphatic rings. The van der Waals surface area contributed by atoms with E-state index in [-0.39, 0.29) is 28.9 Å². The minimum atomic E-state index is -0.653. The molecule has 1 aromatic carbocycles. The smallest absolute Gasteiger partial charge is 0.229 e. The third kappa shape index (κ3) is 4.49. The second-order valence-electron chi connectivity index (χ2n) is 5.92. The van der Waals surface area contributed by atoms with E-state index < -0.39 is 11.6 Å². The topological polar surface area (TPSA) is 93.7 Å². The minimum Gasteiger partial charge on any atom is -0.447 e. The van der Waals surface area contributed by atoms with Gasteiger partial charge in [-0.3, -0.25) is 4.68 Å². The van der Waals surface area contributed by atoms with Gasteiger partial charge in [-0.2, -0.15) is 10.1 Å². The first-order valence-corrected chi connectivity index (χ1v) is 8.83. The van der Waals surface area contributed by atoms with Gasteiger partial charge >= 0.3 is 0 Å². The van der Waals surface area contributed by atoms with Gasteiger partial charge in [0.25, 0.3) is 0 Å². The van der Waals surface area contributed by atoms with Crippen LogP contribution in [0.4, 0.5) is 26.2 Å². The highest BCUT2D eigenvalue weighted by atomic mass is 35.5. The predicted molar refractivity (Wildman–Crippen MR) is 102 cm³/mol. The number of nitrogens with one attached hydrogen (secondary N) is 2. The molecule has 0 unspecified atom stereocenters. The van der Waals surface area contributed by atoms with E-state index in [0.29, 0.717) is 18.1 Å². The van der Waals surface area contributed by atoms with Crippen molar-refractivity contribution in [1.82, 2.24) is 24.7 Å². The quantitative estimate of drug-likeness (QED) is 0.469. The number of halogens is 3. The molecule has 0 saturated heterocycles. The lowest BCUT2D eigenvalue weighted by Crippen LogP contribution is -2.08. The van der Waals surface area contributed by atoms with E-state index in [0.717, 1.165) is 0 Å². The Morgan fingerprint density at radius 2 is 1.97 bits per heavy atom. The van der Waals surface area contributed by atoms with E-state index in [1.807, 2.05) is 0 Å². The van der Waals surface area contributed by atoms with Crippen molar-refractivity contribution in [2.45, 2.75) is 13.1 Å². The van der Waals surface area contributed by atoms with Crippen LogP contribution >= 0.6 is 11.6 Å². The van der Waals surface area contributed by atoms with Crippen molar-refractivity contribution in [2.24, 2.45) is 0 Å². The lowest BCUT2D eigenvalue weighted by molar-refractivity contribution is 0.465. The van der Waals surface area contributed by atoms with Crippen LogP contribution in [-0.2, 0) is 13.1 Å². The van der Waals surface area contributed by atoms with Crippen LogP contribution in [0.5, 0.6) is 0 Å². The molecule has 3 aromatic heterocycles. The first-order chi connectivity index (χ1) is 14.1. The summed E-state index contributed by atoms with van der Waals surface area (Å²) >= 11 is 6.09. The van der Waals surface area contributed by atoms with Crippen molar-refractivity contribution in [3.05, 3.63) is 77.4 Å². The van der Waals surface area contributed by atoms with Gasteiger partial charge in [-0.05, 0) is 12.1 Å². The van der Waals surface area contributed by atoms with Gasteiger partial charge in [-0.15, -0.1) is 0 Å². The molecular weight excluding hydrogens is 404 g/mol. The molecule has 148 valence electrons. The maximum absolute atomic E-state index is 13.8. The average molecular weight is 418 g/mol. The molecule has 29 heavy (non-hydrogen) atoms.